The van der Waals surface area contributed by atoms with Crippen molar-refractivity contribution in [3.8, 4) is 11.5 Å². The minimum Gasteiger partial charge on any atom is -0.454 e. The molecule has 3 heterocycles. The van der Waals surface area contributed by atoms with Gasteiger partial charge in [0.25, 0.3) is 5.82 Å². The molecule has 4 rings (SSSR count). The number of rotatable bonds is 4. The molecule has 28 heavy (non-hydrogen) atoms. The standard InChI is InChI=1S/C17H18F3N5O2S/c18-17(19,20)15-22-24(10-23-6-2-1-3-7-23)16(28)25(15)21-9-12-4-5-13-14(8-12)27-11-26-13/h4-5,8-9H,1-3,6-7,10-11H2/b21-9+. The Hall–Kier alpha value is -2.40. The third-order valence-corrected chi connectivity index (χ3v) is 4.96. The summed E-state index contributed by atoms with van der Waals surface area (Å²) in [6, 6.07) is 4.99. The highest BCUT2D eigenvalue weighted by Gasteiger charge is 2.39. The highest BCUT2D eigenvalue weighted by Crippen LogP contribution is 2.32. The van der Waals surface area contributed by atoms with Crippen LogP contribution in [0.4, 0.5) is 13.2 Å². The van der Waals surface area contributed by atoms with Crippen molar-refractivity contribution in [3.05, 3.63) is 34.4 Å². The Morgan fingerprint density at radius 2 is 1.89 bits per heavy atom. The van der Waals surface area contributed by atoms with Gasteiger partial charge in [0.2, 0.25) is 11.6 Å². The summed E-state index contributed by atoms with van der Waals surface area (Å²) in [6.07, 6.45) is -0.221. The maximum Gasteiger partial charge on any atom is 0.453 e. The monoisotopic (exact) mass is 413 g/mol. The quantitative estimate of drug-likeness (QED) is 0.567. The molecule has 0 bridgehead atoms. The summed E-state index contributed by atoms with van der Waals surface area (Å²) in [6.45, 7) is 1.96. The summed E-state index contributed by atoms with van der Waals surface area (Å²) in [4.78, 5) is 2.04. The van der Waals surface area contributed by atoms with E-state index >= 15 is 0 Å². The lowest BCUT2D eigenvalue weighted by molar-refractivity contribution is -0.147. The maximum atomic E-state index is 13.5. The van der Waals surface area contributed by atoms with Gasteiger partial charge in [0, 0.05) is 0 Å². The van der Waals surface area contributed by atoms with E-state index in [1.54, 1.807) is 18.2 Å². The number of ether oxygens (including phenoxy) is 2. The molecule has 150 valence electrons. The minimum absolute atomic E-state index is 0.102. The lowest BCUT2D eigenvalue weighted by atomic mass is 10.1. The van der Waals surface area contributed by atoms with Crippen molar-refractivity contribution in [1.82, 2.24) is 19.4 Å². The molecule has 2 aromatic rings. The number of likely N-dealkylation sites (tertiary alicyclic amines) is 1. The first-order valence-electron chi connectivity index (χ1n) is 8.85. The van der Waals surface area contributed by atoms with Gasteiger partial charge in [-0.2, -0.15) is 22.9 Å². The molecule has 0 saturated carbocycles. The predicted molar refractivity (Wildman–Crippen MR) is 97.0 cm³/mol. The molecule has 1 fully saturated rings. The molecule has 11 heteroatoms. The van der Waals surface area contributed by atoms with E-state index in [1.807, 2.05) is 4.90 Å². The van der Waals surface area contributed by atoms with Crippen LogP contribution in [-0.4, -0.2) is 45.5 Å². The fraction of sp³-hybridized carbons (Fsp3) is 0.471. The van der Waals surface area contributed by atoms with E-state index < -0.39 is 12.0 Å². The Kier molecular flexibility index (Phi) is 5.11. The molecule has 2 aliphatic rings. The number of nitrogens with zero attached hydrogens (tertiary/aromatic N) is 5. The number of hydrogen-bond donors (Lipinski definition) is 0. The minimum atomic E-state index is -4.67. The van der Waals surface area contributed by atoms with Gasteiger partial charge in [-0.25, -0.2) is 4.68 Å². The topological polar surface area (TPSA) is 56.8 Å². The van der Waals surface area contributed by atoms with Crippen molar-refractivity contribution in [3.63, 3.8) is 0 Å². The van der Waals surface area contributed by atoms with Crippen molar-refractivity contribution < 1.29 is 22.6 Å². The third kappa shape index (κ3) is 3.90. The van der Waals surface area contributed by atoms with Crippen LogP contribution in [0.3, 0.4) is 0 Å². The van der Waals surface area contributed by atoms with Gasteiger partial charge >= 0.3 is 6.18 Å². The van der Waals surface area contributed by atoms with E-state index in [0.717, 1.165) is 32.4 Å². The predicted octanol–water partition coefficient (Wildman–Crippen LogP) is 3.49. The fourth-order valence-corrected chi connectivity index (χ4v) is 3.41. The zero-order valence-electron chi connectivity index (χ0n) is 14.9. The second-order valence-electron chi connectivity index (χ2n) is 6.59. The van der Waals surface area contributed by atoms with Crippen LogP contribution in [0.2, 0.25) is 0 Å². The lowest BCUT2D eigenvalue weighted by Crippen LogP contribution is -2.32. The number of halogens is 3. The summed E-state index contributed by atoms with van der Waals surface area (Å²) >= 11 is 5.22. The van der Waals surface area contributed by atoms with E-state index in [2.05, 4.69) is 10.2 Å². The Labute approximate surface area is 164 Å². The van der Waals surface area contributed by atoms with Crippen LogP contribution in [0.25, 0.3) is 0 Å². The molecule has 0 atom stereocenters. The Bertz CT molecular complexity index is 947. The zero-order valence-corrected chi connectivity index (χ0v) is 15.7. The molecule has 0 unspecified atom stereocenters. The molecule has 0 aliphatic carbocycles. The highest BCUT2D eigenvalue weighted by atomic mass is 32.1. The molecular weight excluding hydrogens is 395 g/mol. The van der Waals surface area contributed by atoms with Crippen molar-refractivity contribution in [2.24, 2.45) is 5.10 Å². The highest BCUT2D eigenvalue weighted by molar-refractivity contribution is 7.71. The van der Waals surface area contributed by atoms with Gasteiger partial charge in [-0.3, -0.25) is 4.90 Å². The maximum absolute atomic E-state index is 13.5. The van der Waals surface area contributed by atoms with Crippen LogP contribution < -0.4 is 9.47 Å². The molecule has 1 aromatic carbocycles. The average Bonchev–Trinajstić information content (AvgIpc) is 3.25. The molecule has 2 aliphatic heterocycles. The lowest BCUT2D eigenvalue weighted by Gasteiger charge is -2.25. The average molecular weight is 413 g/mol. The Morgan fingerprint density at radius 1 is 1.14 bits per heavy atom. The molecule has 0 spiro atoms. The largest absolute Gasteiger partial charge is 0.454 e. The van der Waals surface area contributed by atoms with Gasteiger partial charge in [-0.15, -0.1) is 5.10 Å². The third-order valence-electron chi connectivity index (χ3n) is 4.57. The Balaban J connectivity index is 1.64. The first-order valence-corrected chi connectivity index (χ1v) is 9.26. The molecule has 7 nitrogen and oxygen atoms in total. The second-order valence-corrected chi connectivity index (χ2v) is 6.96. The van der Waals surface area contributed by atoms with E-state index in [4.69, 9.17) is 21.7 Å². The second kappa shape index (κ2) is 7.55. The van der Waals surface area contributed by atoms with E-state index in [0.29, 0.717) is 21.7 Å². The van der Waals surface area contributed by atoms with Gasteiger partial charge in [0.15, 0.2) is 11.5 Å². The smallest absolute Gasteiger partial charge is 0.453 e. The van der Waals surface area contributed by atoms with Crippen LogP contribution in [0.5, 0.6) is 11.5 Å². The molecule has 0 N–H and O–H groups in total. The van der Waals surface area contributed by atoms with E-state index in [-0.39, 0.29) is 18.2 Å². The summed E-state index contributed by atoms with van der Waals surface area (Å²) in [7, 11) is 0. The summed E-state index contributed by atoms with van der Waals surface area (Å²) < 4.78 is 52.6. The Morgan fingerprint density at radius 3 is 2.64 bits per heavy atom. The van der Waals surface area contributed by atoms with Gasteiger partial charge in [0.05, 0.1) is 12.9 Å². The zero-order chi connectivity index (χ0) is 19.7. The van der Waals surface area contributed by atoms with Gasteiger partial charge in [-0.1, -0.05) is 6.42 Å². The van der Waals surface area contributed by atoms with Crippen molar-refractivity contribution in [2.45, 2.75) is 32.1 Å². The molecule has 0 radical (unpaired) electrons. The van der Waals surface area contributed by atoms with E-state index in [9.17, 15) is 13.2 Å². The number of fused-ring (bicyclic) bond motifs is 1. The van der Waals surface area contributed by atoms with Gasteiger partial charge < -0.3 is 9.47 Å². The number of alkyl halides is 3. The first kappa shape index (κ1) is 18.9. The van der Waals surface area contributed by atoms with Crippen LogP contribution in [-0.2, 0) is 12.8 Å². The van der Waals surface area contributed by atoms with Crippen LogP contribution in [0.1, 0.15) is 30.7 Å². The van der Waals surface area contributed by atoms with Crippen molar-refractivity contribution >= 4 is 18.4 Å². The number of hydrogen-bond acceptors (Lipinski definition) is 6. The summed E-state index contributed by atoms with van der Waals surface area (Å²) in [5, 5.41) is 7.65. The molecule has 1 aromatic heterocycles. The number of piperidine rings is 1. The summed E-state index contributed by atoms with van der Waals surface area (Å²) in [5.74, 6) is -0.0463. The number of aromatic nitrogens is 3. The molecule has 1 saturated heterocycles. The van der Waals surface area contributed by atoms with Gasteiger partial charge in [-0.05, 0) is 61.9 Å². The van der Waals surface area contributed by atoms with Crippen molar-refractivity contribution in [1.29, 1.82) is 0 Å². The normalized spacial score (nSPS) is 17.5. The molecule has 0 amide bonds. The fourth-order valence-electron chi connectivity index (χ4n) is 3.18. The number of benzene rings is 1. The van der Waals surface area contributed by atoms with Gasteiger partial charge in [0.1, 0.15) is 0 Å². The van der Waals surface area contributed by atoms with E-state index in [1.165, 1.54) is 10.9 Å². The van der Waals surface area contributed by atoms with Crippen LogP contribution in [0, 0.1) is 4.77 Å². The van der Waals surface area contributed by atoms with Crippen LogP contribution >= 0.6 is 12.2 Å². The first-order chi connectivity index (χ1) is 13.4. The van der Waals surface area contributed by atoms with Crippen LogP contribution in [0.15, 0.2) is 23.3 Å². The van der Waals surface area contributed by atoms with Crippen molar-refractivity contribution in [2.75, 3.05) is 19.9 Å². The summed E-state index contributed by atoms with van der Waals surface area (Å²) in [5.41, 5.74) is 0.558. The SMILES string of the molecule is FC(F)(F)c1nn(CN2CCCCC2)c(=S)n1/N=C/c1ccc2c(c1)OCO2. The molecular formula is C17H18F3N5O2S.